The second-order valence-electron chi connectivity index (χ2n) is 4.10. The lowest BCUT2D eigenvalue weighted by Gasteiger charge is -2.11. The molecule has 0 aromatic carbocycles. The molecule has 0 atom stereocenters. The van der Waals surface area contributed by atoms with E-state index in [0.717, 1.165) is 36.0 Å². The molecular formula is C12H20ClN3. The molecule has 0 spiro atoms. The Balaban J connectivity index is 2.66. The highest BCUT2D eigenvalue weighted by Crippen LogP contribution is 2.16. The van der Waals surface area contributed by atoms with E-state index < -0.39 is 0 Å². The largest absolute Gasteiger partial charge is 0.368 e. The Hall–Kier alpha value is -0.800. The number of hydrogen-bond donors (Lipinski definition) is 2. The Morgan fingerprint density at radius 2 is 2.12 bits per heavy atom. The fourth-order valence-electron chi connectivity index (χ4n) is 1.37. The van der Waals surface area contributed by atoms with Gasteiger partial charge in [0.2, 0.25) is 0 Å². The van der Waals surface area contributed by atoms with Gasteiger partial charge in [0.15, 0.2) is 0 Å². The van der Waals surface area contributed by atoms with E-state index in [1.54, 1.807) is 0 Å². The summed E-state index contributed by atoms with van der Waals surface area (Å²) in [5.74, 6) is 0.882. The number of halogens is 1. The second kappa shape index (κ2) is 6.71. The normalized spacial score (nSPS) is 10.8. The summed E-state index contributed by atoms with van der Waals surface area (Å²) in [7, 11) is 0. The first-order valence-electron chi connectivity index (χ1n) is 5.76. The number of aromatic nitrogens is 1. The van der Waals surface area contributed by atoms with Crippen LogP contribution in [0.15, 0.2) is 12.1 Å². The van der Waals surface area contributed by atoms with Crippen LogP contribution in [-0.4, -0.2) is 17.6 Å². The predicted octanol–water partition coefficient (Wildman–Crippen LogP) is 3.05. The lowest BCUT2D eigenvalue weighted by molar-refractivity contribution is 0.664. The van der Waals surface area contributed by atoms with Crippen molar-refractivity contribution in [3.63, 3.8) is 0 Å². The summed E-state index contributed by atoms with van der Waals surface area (Å²) in [6.45, 7) is 8.02. The van der Waals surface area contributed by atoms with Crippen LogP contribution in [0.1, 0.15) is 32.9 Å². The van der Waals surface area contributed by atoms with Crippen LogP contribution < -0.4 is 10.6 Å². The van der Waals surface area contributed by atoms with Crippen molar-refractivity contribution in [3.05, 3.63) is 22.8 Å². The SMILES string of the molecule is CCCNCc1nc(NC(C)C)ccc1Cl. The number of nitrogens with one attached hydrogen (secondary N) is 2. The van der Waals surface area contributed by atoms with Crippen molar-refractivity contribution in [1.29, 1.82) is 0 Å². The van der Waals surface area contributed by atoms with Crippen LogP contribution in [-0.2, 0) is 6.54 Å². The van der Waals surface area contributed by atoms with Crippen molar-refractivity contribution in [2.75, 3.05) is 11.9 Å². The van der Waals surface area contributed by atoms with Crippen LogP contribution in [0.3, 0.4) is 0 Å². The van der Waals surface area contributed by atoms with Gasteiger partial charge in [0, 0.05) is 12.6 Å². The van der Waals surface area contributed by atoms with Crippen LogP contribution >= 0.6 is 11.6 Å². The summed E-state index contributed by atoms with van der Waals surface area (Å²) >= 11 is 6.08. The van der Waals surface area contributed by atoms with Gasteiger partial charge in [-0.3, -0.25) is 0 Å². The van der Waals surface area contributed by atoms with Gasteiger partial charge in [0.25, 0.3) is 0 Å². The number of anilines is 1. The first-order chi connectivity index (χ1) is 7.63. The predicted molar refractivity (Wildman–Crippen MR) is 70.0 cm³/mol. The standard InChI is InChI=1S/C12H20ClN3/c1-4-7-14-8-11-10(13)5-6-12(16-11)15-9(2)3/h5-6,9,14H,4,7-8H2,1-3H3,(H,15,16). The van der Waals surface area contributed by atoms with Crippen LogP contribution in [0.4, 0.5) is 5.82 Å². The Labute approximate surface area is 103 Å². The van der Waals surface area contributed by atoms with Gasteiger partial charge in [0.05, 0.1) is 10.7 Å². The number of hydrogen-bond acceptors (Lipinski definition) is 3. The number of rotatable bonds is 6. The van der Waals surface area contributed by atoms with E-state index in [1.807, 2.05) is 12.1 Å². The lowest BCUT2D eigenvalue weighted by Crippen LogP contribution is -2.17. The minimum atomic E-state index is 0.380. The molecule has 0 bridgehead atoms. The molecule has 3 nitrogen and oxygen atoms in total. The molecule has 1 rings (SSSR count). The van der Waals surface area contributed by atoms with Gasteiger partial charge in [-0.2, -0.15) is 0 Å². The Morgan fingerprint density at radius 3 is 2.75 bits per heavy atom. The van der Waals surface area contributed by atoms with E-state index in [9.17, 15) is 0 Å². The van der Waals surface area contributed by atoms with E-state index >= 15 is 0 Å². The van der Waals surface area contributed by atoms with Gasteiger partial charge >= 0.3 is 0 Å². The highest BCUT2D eigenvalue weighted by molar-refractivity contribution is 6.31. The highest BCUT2D eigenvalue weighted by Gasteiger charge is 2.04. The van der Waals surface area contributed by atoms with Crippen LogP contribution in [0, 0.1) is 0 Å². The Bertz CT molecular complexity index is 326. The molecular weight excluding hydrogens is 222 g/mol. The molecule has 0 radical (unpaired) electrons. The molecule has 0 fully saturated rings. The van der Waals surface area contributed by atoms with Gasteiger partial charge in [-0.25, -0.2) is 4.98 Å². The van der Waals surface area contributed by atoms with E-state index in [4.69, 9.17) is 11.6 Å². The van der Waals surface area contributed by atoms with E-state index in [2.05, 4.69) is 36.4 Å². The smallest absolute Gasteiger partial charge is 0.126 e. The molecule has 2 N–H and O–H groups in total. The Morgan fingerprint density at radius 1 is 1.38 bits per heavy atom. The average molecular weight is 242 g/mol. The maximum atomic E-state index is 6.08. The molecule has 1 heterocycles. The second-order valence-corrected chi connectivity index (χ2v) is 4.51. The summed E-state index contributed by atoms with van der Waals surface area (Å²) in [4.78, 5) is 4.48. The summed E-state index contributed by atoms with van der Waals surface area (Å²) in [6.07, 6.45) is 1.11. The maximum Gasteiger partial charge on any atom is 0.126 e. The quantitative estimate of drug-likeness (QED) is 0.752. The lowest BCUT2D eigenvalue weighted by atomic mass is 10.3. The van der Waals surface area contributed by atoms with E-state index in [-0.39, 0.29) is 0 Å². The zero-order valence-corrected chi connectivity index (χ0v) is 10.9. The Kier molecular flexibility index (Phi) is 5.56. The molecule has 0 saturated heterocycles. The van der Waals surface area contributed by atoms with Crippen molar-refractivity contribution >= 4 is 17.4 Å². The number of pyridine rings is 1. The van der Waals surface area contributed by atoms with Gasteiger partial charge in [0.1, 0.15) is 5.82 Å². The van der Waals surface area contributed by atoms with Crippen LogP contribution in [0.25, 0.3) is 0 Å². The minimum absolute atomic E-state index is 0.380. The van der Waals surface area contributed by atoms with Crippen LogP contribution in [0.5, 0.6) is 0 Å². The molecule has 0 amide bonds. The third-order valence-corrected chi connectivity index (χ3v) is 2.42. The van der Waals surface area contributed by atoms with Crippen molar-refractivity contribution in [2.24, 2.45) is 0 Å². The van der Waals surface area contributed by atoms with Gasteiger partial charge in [-0.1, -0.05) is 18.5 Å². The van der Waals surface area contributed by atoms with Gasteiger partial charge in [-0.15, -0.1) is 0 Å². The molecule has 90 valence electrons. The molecule has 0 saturated carbocycles. The van der Waals surface area contributed by atoms with Crippen molar-refractivity contribution in [1.82, 2.24) is 10.3 Å². The molecule has 1 aromatic rings. The summed E-state index contributed by atoms with van der Waals surface area (Å²) in [5.41, 5.74) is 0.903. The van der Waals surface area contributed by atoms with Crippen molar-refractivity contribution < 1.29 is 0 Å². The van der Waals surface area contributed by atoms with E-state index in [1.165, 1.54) is 0 Å². The fourth-order valence-corrected chi connectivity index (χ4v) is 1.54. The summed E-state index contributed by atoms with van der Waals surface area (Å²) in [6, 6.07) is 4.18. The molecule has 16 heavy (non-hydrogen) atoms. The third-order valence-electron chi connectivity index (χ3n) is 2.07. The van der Waals surface area contributed by atoms with Gasteiger partial charge in [-0.05, 0) is 38.9 Å². The third kappa shape index (κ3) is 4.37. The molecule has 1 aromatic heterocycles. The minimum Gasteiger partial charge on any atom is -0.368 e. The zero-order valence-electron chi connectivity index (χ0n) is 10.2. The fraction of sp³-hybridized carbons (Fsp3) is 0.583. The summed E-state index contributed by atoms with van der Waals surface area (Å²) < 4.78 is 0. The molecule has 0 aliphatic rings. The van der Waals surface area contributed by atoms with Crippen LogP contribution in [0.2, 0.25) is 5.02 Å². The zero-order chi connectivity index (χ0) is 12.0. The monoisotopic (exact) mass is 241 g/mol. The highest BCUT2D eigenvalue weighted by atomic mass is 35.5. The number of nitrogens with zero attached hydrogens (tertiary/aromatic N) is 1. The molecule has 0 aliphatic carbocycles. The van der Waals surface area contributed by atoms with E-state index in [0.29, 0.717) is 6.04 Å². The van der Waals surface area contributed by atoms with Crippen molar-refractivity contribution in [2.45, 2.75) is 39.8 Å². The van der Waals surface area contributed by atoms with Crippen molar-refractivity contribution in [3.8, 4) is 0 Å². The van der Waals surface area contributed by atoms with Gasteiger partial charge < -0.3 is 10.6 Å². The average Bonchev–Trinajstić information content (AvgIpc) is 2.22. The first kappa shape index (κ1) is 13.3. The molecule has 0 aliphatic heterocycles. The topological polar surface area (TPSA) is 37.0 Å². The summed E-state index contributed by atoms with van der Waals surface area (Å²) in [5, 5.41) is 7.28. The molecule has 0 unspecified atom stereocenters. The maximum absolute atomic E-state index is 6.08. The molecule has 4 heteroatoms. The first-order valence-corrected chi connectivity index (χ1v) is 6.14.